The number of para-hydroxylation sites is 1. The Labute approximate surface area is 161 Å². The maximum absolute atomic E-state index is 12.1. The Bertz CT molecular complexity index is 851. The average Bonchev–Trinajstić information content (AvgIpc) is 2.54. The van der Waals surface area contributed by atoms with Gasteiger partial charge in [0.1, 0.15) is 0 Å². The number of rotatable bonds is 7. The smallest absolute Gasteiger partial charge is 0.224 e. The molecule has 1 amide bonds. The van der Waals surface area contributed by atoms with Crippen molar-refractivity contribution in [1.29, 1.82) is 0 Å². The molecular weight excluding hydrogens is 372 g/mol. The first kappa shape index (κ1) is 22.0. The van der Waals surface area contributed by atoms with E-state index in [1.54, 1.807) is 38.1 Å². The van der Waals surface area contributed by atoms with Crippen molar-refractivity contribution < 1.29 is 13.2 Å². The number of anilines is 2. The topological polar surface area (TPSA) is 89.3 Å². The molecule has 0 bridgehead atoms. The lowest BCUT2D eigenvalue weighted by Gasteiger charge is -2.10. The molecule has 2 aromatic carbocycles. The number of carbonyl (C=O) groups excluding carboxylic acids is 1. The van der Waals surface area contributed by atoms with Crippen molar-refractivity contribution in [2.45, 2.75) is 37.7 Å². The van der Waals surface area contributed by atoms with Gasteiger partial charge in [0.2, 0.25) is 5.91 Å². The third kappa shape index (κ3) is 6.35. The molecule has 0 aliphatic rings. The van der Waals surface area contributed by atoms with Gasteiger partial charge in [-0.1, -0.05) is 30.3 Å². The molecule has 3 N–H and O–H groups in total. The van der Waals surface area contributed by atoms with Crippen molar-refractivity contribution in [3.05, 3.63) is 59.7 Å². The van der Waals surface area contributed by atoms with E-state index < -0.39 is 15.1 Å². The number of halogens is 1. The van der Waals surface area contributed by atoms with Crippen LogP contribution in [0.5, 0.6) is 0 Å². The average molecular weight is 397 g/mol. The number of nitrogens with two attached hydrogens (primary N) is 1. The van der Waals surface area contributed by atoms with Crippen LogP contribution < -0.4 is 11.1 Å². The summed E-state index contributed by atoms with van der Waals surface area (Å²) >= 11 is 0. The van der Waals surface area contributed by atoms with E-state index in [0.717, 1.165) is 5.56 Å². The molecular formula is C19H25ClN2O3S. The van der Waals surface area contributed by atoms with Gasteiger partial charge in [-0.05, 0) is 49.6 Å². The molecule has 7 heteroatoms. The van der Waals surface area contributed by atoms with Crippen LogP contribution in [-0.2, 0) is 26.8 Å². The van der Waals surface area contributed by atoms with Crippen molar-refractivity contribution in [1.82, 2.24) is 0 Å². The van der Waals surface area contributed by atoms with E-state index in [2.05, 4.69) is 5.32 Å². The number of hydrogen-bond acceptors (Lipinski definition) is 4. The molecule has 0 fully saturated rings. The summed E-state index contributed by atoms with van der Waals surface area (Å²) in [5.74, 6) is -0.165. The Kier molecular flexibility index (Phi) is 8.11. The molecule has 142 valence electrons. The second kappa shape index (κ2) is 9.59. The Morgan fingerprint density at radius 1 is 1.12 bits per heavy atom. The highest BCUT2D eigenvalue weighted by molar-refractivity contribution is 7.91. The van der Waals surface area contributed by atoms with Crippen LogP contribution >= 0.6 is 12.4 Å². The monoisotopic (exact) mass is 396 g/mol. The zero-order valence-electron chi connectivity index (χ0n) is 14.9. The molecule has 2 aromatic rings. The second-order valence-electron chi connectivity index (χ2n) is 6.30. The van der Waals surface area contributed by atoms with Crippen LogP contribution in [0.25, 0.3) is 0 Å². The molecule has 0 atom stereocenters. The van der Waals surface area contributed by atoms with Gasteiger partial charge in [0.25, 0.3) is 0 Å². The van der Waals surface area contributed by atoms with Gasteiger partial charge in [0.05, 0.1) is 11.0 Å². The summed E-state index contributed by atoms with van der Waals surface area (Å²) in [6.07, 6.45) is 0.864. The molecule has 0 aliphatic carbocycles. The first-order valence-electron chi connectivity index (χ1n) is 8.21. The minimum absolute atomic E-state index is 0. The Hall–Kier alpha value is -2.05. The summed E-state index contributed by atoms with van der Waals surface area (Å²) in [7, 11) is -3.17. The number of sulfone groups is 1. The fourth-order valence-electron chi connectivity index (χ4n) is 2.37. The molecule has 0 spiro atoms. The molecule has 0 saturated heterocycles. The van der Waals surface area contributed by atoms with Crippen LogP contribution in [0.1, 0.15) is 31.4 Å². The number of nitrogen functional groups attached to an aromatic ring is 1. The molecule has 0 aliphatic heterocycles. The quantitative estimate of drug-likeness (QED) is 0.700. The molecule has 0 heterocycles. The predicted octanol–water partition coefficient (Wildman–Crippen LogP) is 3.59. The molecule has 0 saturated carbocycles. The van der Waals surface area contributed by atoms with E-state index in [-0.39, 0.29) is 24.1 Å². The summed E-state index contributed by atoms with van der Waals surface area (Å²) in [4.78, 5) is 12.1. The van der Waals surface area contributed by atoms with Crippen molar-refractivity contribution in [2.75, 3.05) is 11.1 Å². The third-order valence-corrected chi connectivity index (χ3v) is 6.15. The Balaban J connectivity index is 0.00000338. The molecule has 2 rings (SSSR count). The molecule has 5 nitrogen and oxygen atoms in total. The number of hydrogen-bond donors (Lipinski definition) is 2. The maximum Gasteiger partial charge on any atom is 0.224 e. The first-order valence-corrected chi connectivity index (χ1v) is 9.93. The van der Waals surface area contributed by atoms with Crippen molar-refractivity contribution >= 4 is 39.5 Å². The van der Waals surface area contributed by atoms with E-state index in [9.17, 15) is 13.2 Å². The van der Waals surface area contributed by atoms with Crippen LogP contribution in [-0.4, -0.2) is 19.6 Å². The summed E-state index contributed by atoms with van der Waals surface area (Å²) < 4.78 is 24.1. The van der Waals surface area contributed by atoms with E-state index in [1.807, 2.05) is 24.3 Å². The first-order chi connectivity index (χ1) is 11.8. The van der Waals surface area contributed by atoms with Gasteiger partial charge in [-0.3, -0.25) is 4.79 Å². The molecule has 0 aromatic heterocycles. The number of carbonyl (C=O) groups is 1. The highest BCUT2D eigenvalue weighted by Crippen LogP contribution is 2.17. The predicted molar refractivity (Wildman–Crippen MR) is 109 cm³/mol. The summed E-state index contributed by atoms with van der Waals surface area (Å²) in [6, 6.07) is 14.4. The van der Waals surface area contributed by atoms with Gasteiger partial charge in [0, 0.05) is 17.8 Å². The third-order valence-electron chi connectivity index (χ3n) is 3.97. The van der Waals surface area contributed by atoms with Gasteiger partial charge in [-0.2, -0.15) is 0 Å². The summed E-state index contributed by atoms with van der Waals surface area (Å²) in [5, 5.41) is 2.38. The summed E-state index contributed by atoms with van der Waals surface area (Å²) in [5.41, 5.74) is 8.76. The highest BCUT2D eigenvalue weighted by atomic mass is 35.5. The van der Waals surface area contributed by atoms with Crippen LogP contribution in [0.3, 0.4) is 0 Å². The Morgan fingerprint density at radius 2 is 1.81 bits per heavy atom. The van der Waals surface area contributed by atoms with Crippen LogP contribution in [0.4, 0.5) is 11.4 Å². The largest absolute Gasteiger partial charge is 0.399 e. The van der Waals surface area contributed by atoms with Gasteiger partial charge >= 0.3 is 0 Å². The van der Waals surface area contributed by atoms with Gasteiger partial charge in [-0.15, -0.1) is 12.4 Å². The van der Waals surface area contributed by atoms with Gasteiger partial charge in [0.15, 0.2) is 9.84 Å². The van der Waals surface area contributed by atoms with Crippen LogP contribution in [0.15, 0.2) is 48.5 Å². The zero-order valence-corrected chi connectivity index (χ0v) is 16.6. The van der Waals surface area contributed by atoms with E-state index in [4.69, 9.17) is 5.73 Å². The van der Waals surface area contributed by atoms with Crippen LogP contribution in [0.2, 0.25) is 0 Å². The summed E-state index contributed by atoms with van der Waals surface area (Å²) in [6.45, 7) is 3.33. The molecule has 0 radical (unpaired) electrons. The normalized spacial score (nSPS) is 11.0. The lowest BCUT2D eigenvalue weighted by molar-refractivity contribution is -0.116. The highest BCUT2D eigenvalue weighted by Gasteiger charge is 2.17. The van der Waals surface area contributed by atoms with Crippen molar-refractivity contribution in [3.8, 4) is 0 Å². The number of benzene rings is 2. The van der Waals surface area contributed by atoms with E-state index in [0.29, 0.717) is 29.8 Å². The SMILES string of the molecule is CC(C)S(=O)(=O)Cc1cccc(NC(=O)CCc2ccccc2N)c1.Cl. The van der Waals surface area contributed by atoms with E-state index in [1.165, 1.54) is 0 Å². The minimum atomic E-state index is -3.17. The minimum Gasteiger partial charge on any atom is -0.399 e. The van der Waals surface area contributed by atoms with E-state index >= 15 is 0 Å². The number of amides is 1. The van der Waals surface area contributed by atoms with Gasteiger partial charge < -0.3 is 11.1 Å². The maximum atomic E-state index is 12.1. The van der Waals surface area contributed by atoms with Gasteiger partial charge in [-0.25, -0.2) is 8.42 Å². The van der Waals surface area contributed by atoms with Crippen molar-refractivity contribution in [3.63, 3.8) is 0 Å². The molecule has 0 unspecified atom stereocenters. The number of aryl methyl sites for hydroxylation is 1. The Morgan fingerprint density at radius 3 is 2.46 bits per heavy atom. The standard InChI is InChI=1S/C19H24N2O3S.ClH/c1-14(2)25(23,24)13-15-6-5-8-17(12-15)21-19(22)11-10-16-7-3-4-9-18(16)20;/h3-9,12,14H,10-11,13,20H2,1-2H3,(H,21,22);1H. The zero-order chi connectivity index (χ0) is 18.4. The fraction of sp³-hybridized carbons (Fsp3) is 0.316. The lowest BCUT2D eigenvalue weighted by atomic mass is 10.1. The lowest BCUT2D eigenvalue weighted by Crippen LogP contribution is -2.16. The fourth-order valence-corrected chi connectivity index (χ4v) is 3.35. The second-order valence-corrected chi connectivity index (χ2v) is 8.86. The van der Waals surface area contributed by atoms with Crippen LogP contribution in [0, 0.1) is 0 Å². The molecule has 26 heavy (non-hydrogen) atoms. The van der Waals surface area contributed by atoms with Crippen molar-refractivity contribution in [2.24, 2.45) is 0 Å². The number of nitrogens with one attached hydrogen (secondary N) is 1.